The van der Waals surface area contributed by atoms with Gasteiger partial charge in [-0.25, -0.2) is 0 Å². The lowest BCUT2D eigenvalue weighted by Gasteiger charge is -2.37. The second-order valence-electron chi connectivity index (χ2n) is 5.33. The third-order valence-corrected chi connectivity index (χ3v) is 3.93. The first-order valence-corrected chi connectivity index (χ1v) is 7.02. The largest absolute Gasteiger partial charge is 0.389 e. The average Bonchev–Trinajstić information content (AvgIpc) is 2.48. The zero-order valence-electron chi connectivity index (χ0n) is 12.0. The lowest BCUT2D eigenvalue weighted by Crippen LogP contribution is -2.36. The number of rotatable bonds is 2. The number of anilines is 3. The third kappa shape index (κ3) is 2.25. The van der Waals surface area contributed by atoms with Crippen molar-refractivity contribution >= 4 is 17.1 Å². The van der Waals surface area contributed by atoms with E-state index in [2.05, 4.69) is 53.2 Å². The van der Waals surface area contributed by atoms with Crippen LogP contribution in [0.2, 0.25) is 0 Å². The van der Waals surface area contributed by atoms with Gasteiger partial charge in [-0.2, -0.15) is 0 Å². The van der Waals surface area contributed by atoms with Crippen LogP contribution in [0, 0.1) is 0 Å². The van der Waals surface area contributed by atoms with E-state index in [-0.39, 0.29) is 0 Å². The van der Waals surface area contributed by atoms with E-state index >= 15 is 0 Å². The molecule has 20 heavy (non-hydrogen) atoms. The maximum Gasteiger partial charge on any atom is 0.0761 e. The van der Waals surface area contributed by atoms with E-state index in [9.17, 15) is 5.11 Å². The summed E-state index contributed by atoms with van der Waals surface area (Å²) in [7, 11) is 2.13. The topological polar surface area (TPSA) is 26.7 Å². The van der Waals surface area contributed by atoms with Gasteiger partial charge in [-0.05, 0) is 36.8 Å². The summed E-state index contributed by atoms with van der Waals surface area (Å²) < 4.78 is 0. The van der Waals surface area contributed by atoms with Gasteiger partial charge >= 0.3 is 0 Å². The Kier molecular flexibility index (Phi) is 3.36. The highest BCUT2D eigenvalue weighted by Gasteiger charge is 2.20. The highest BCUT2D eigenvalue weighted by Crippen LogP contribution is 2.36. The van der Waals surface area contributed by atoms with Crippen LogP contribution < -0.4 is 9.80 Å². The van der Waals surface area contributed by atoms with Gasteiger partial charge in [-0.15, -0.1) is 0 Å². The van der Waals surface area contributed by atoms with E-state index in [1.54, 1.807) is 6.92 Å². The fourth-order valence-corrected chi connectivity index (χ4v) is 2.71. The Balaban J connectivity index is 1.97. The number of hydrogen-bond donors (Lipinski definition) is 1. The number of aliphatic hydroxyl groups is 1. The summed E-state index contributed by atoms with van der Waals surface area (Å²) in [5, 5.41) is 9.60. The summed E-state index contributed by atoms with van der Waals surface area (Å²) in [5.41, 5.74) is 4.63. The zero-order valence-corrected chi connectivity index (χ0v) is 12.0. The van der Waals surface area contributed by atoms with Crippen molar-refractivity contribution in [2.24, 2.45) is 0 Å². The molecule has 2 aromatic carbocycles. The molecule has 1 aliphatic rings. The minimum atomic E-state index is -0.413. The predicted molar refractivity (Wildman–Crippen MR) is 83.8 cm³/mol. The van der Waals surface area contributed by atoms with Gasteiger partial charge < -0.3 is 14.9 Å². The summed E-state index contributed by atoms with van der Waals surface area (Å²) in [6.07, 6.45) is -0.413. The molecule has 1 aliphatic heterocycles. The minimum absolute atomic E-state index is 0.413. The fourth-order valence-electron chi connectivity index (χ4n) is 2.71. The molecule has 1 heterocycles. The molecule has 1 N–H and O–H groups in total. The third-order valence-electron chi connectivity index (χ3n) is 3.93. The molecule has 0 saturated heterocycles. The van der Waals surface area contributed by atoms with E-state index in [1.807, 2.05) is 12.1 Å². The van der Waals surface area contributed by atoms with Gasteiger partial charge in [0.2, 0.25) is 0 Å². The molecule has 3 nitrogen and oxygen atoms in total. The molecule has 3 rings (SSSR count). The normalized spacial score (nSPS) is 15.9. The molecular formula is C17H20N2O. The Morgan fingerprint density at radius 2 is 1.60 bits per heavy atom. The number of para-hydroxylation sites is 2. The molecule has 0 saturated carbocycles. The monoisotopic (exact) mass is 268 g/mol. The molecule has 0 bridgehead atoms. The SMILES string of the molecule is C[C@@H](O)c1ccc(N2CCN(C)c3ccccc32)cc1. The van der Waals surface area contributed by atoms with Gasteiger partial charge in [0.25, 0.3) is 0 Å². The molecule has 0 amide bonds. The van der Waals surface area contributed by atoms with E-state index in [4.69, 9.17) is 0 Å². The molecule has 104 valence electrons. The van der Waals surface area contributed by atoms with E-state index < -0.39 is 6.10 Å². The first kappa shape index (κ1) is 13.0. The summed E-state index contributed by atoms with van der Waals surface area (Å²) >= 11 is 0. The van der Waals surface area contributed by atoms with Crippen LogP contribution in [0.4, 0.5) is 17.1 Å². The molecule has 0 spiro atoms. The molecule has 2 aromatic rings. The first-order chi connectivity index (χ1) is 9.66. The highest BCUT2D eigenvalue weighted by atomic mass is 16.3. The number of nitrogens with zero attached hydrogens (tertiary/aromatic N) is 2. The van der Waals surface area contributed by atoms with Crippen molar-refractivity contribution in [3.05, 3.63) is 54.1 Å². The second-order valence-corrected chi connectivity index (χ2v) is 5.33. The standard InChI is InChI=1S/C17H20N2O/c1-13(20)14-7-9-15(10-8-14)19-12-11-18(2)16-5-3-4-6-17(16)19/h3-10,13,20H,11-12H2,1-2H3/t13-/m1/s1. The Morgan fingerprint density at radius 3 is 2.25 bits per heavy atom. The van der Waals surface area contributed by atoms with Crippen LogP contribution in [0.3, 0.4) is 0 Å². The molecular weight excluding hydrogens is 248 g/mol. The Labute approximate surface area is 120 Å². The molecule has 0 unspecified atom stereocenters. The lowest BCUT2D eigenvalue weighted by molar-refractivity contribution is 0.199. The van der Waals surface area contributed by atoms with Crippen LogP contribution in [0.1, 0.15) is 18.6 Å². The van der Waals surface area contributed by atoms with E-state index in [0.717, 1.165) is 18.7 Å². The van der Waals surface area contributed by atoms with Crippen LogP contribution in [0.5, 0.6) is 0 Å². The van der Waals surface area contributed by atoms with Gasteiger partial charge in [0.05, 0.1) is 17.5 Å². The molecule has 0 aliphatic carbocycles. The van der Waals surface area contributed by atoms with Crippen LogP contribution in [-0.4, -0.2) is 25.2 Å². The van der Waals surface area contributed by atoms with Gasteiger partial charge in [-0.1, -0.05) is 24.3 Å². The molecule has 1 atom stereocenters. The quantitative estimate of drug-likeness (QED) is 0.905. The predicted octanol–water partition coefficient (Wildman–Crippen LogP) is 3.33. The van der Waals surface area contributed by atoms with Crippen molar-refractivity contribution in [3.63, 3.8) is 0 Å². The van der Waals surface area contributed by atoms with Crippen molar-refractivity contribution in [1.29, 1.82) is 0 Å². The van der Waals surface area contributed by atoms with Crippen molar-refractivity contribution in [2.45, 2.75) is 13.0 Å². The minimum Gasteiger partial charge on any atom is -0.389 e. The Hall–Kier alpha value is -2.00. The van der Waals surface area contributed by atoms with Crippen molar-refractivity contribution < 1.29 is 5.11 Å². The second kappa shape index (κ2) is 5.17. The van der Waals surface area contributed by atoms with Crippen LogP contribution >= 0.6 is 0 Å². The maximum absolute atomic E-state index is 9.60. The Bertz CT molecular complexity index is 592. The lowest BCUT2D eigenvalue weighted by atomic mass is 10.1. The van der Waals surface area contributed by atoms with Crippen molar-refractivity contribution in [2.75, 3.05) is 29.9 Å². The number of benzene rings is 2. The van der Waals surface area contributed by atoms with Gasteiger partial charge in [-0.3, -0.25) is 0 Å². The van der Waals surface area contributed by atoms with Crippen LogP contribution in [0.15, 0.2) is 48.5 Å². The summed E-state index contributed by atoms with van der Waals surface area (Å²) in [6.45, 7) is 3.77. The van der Waals surface area contributed by atoms with Crippen molar-refractivity contribution in [1.82, 2.24) is 0 Å². The number of hydrogen-bond acceptors (Lipinski definition) is 3. The van der Waals surface area contributed by atoms with Gasteiger partial charge in [0.1, 0.15) is 0 Å². The van der Waals surface area contributed by atoms with Crippen molar-refractivity contribution in [3.8, 4) is 0 Å². The first-order valence-electron chi connectivity index (χ1n) is 7.02. The van der Waals surface area contributed by atoms with E-state index in [1.165, 1.54) is 17.1 Å². The fraction of sp³-hybridized carbons (Fsp3) is 0.294. The molecule has 0 aromatic heterocycles. The molecule has 0 fully saturated rings. The van der Waals surface area contributed by atoms with Gasteiger partial charge in [0.15, 0.2) is 0 Å². The van der Waals surface area contributed by atoms with Gasteiger partial charge in [0, 0.05) is 25.8 Å². The zero-order chi connectivity index (χ0) is 14.1. The number of likely N-dealkylation sites (N-methyl/N-ethyl adjacent to an activating group) is 1. The van der Waals surface area contributed by atoms with Crippen LogP contribution in [-0.2, 0) is 0 Å². The highest BCUT2D eigenvalue weighted by molar-refractivity contribution is 5.79. The molecule has 0 radical (unpaired) electrons. The average molecular weight is 268 g/mol. The Morgan fingerprint density at radius 1 is 0.950 bits per heavy atom. The summed E-state index contributed by atoms with van der Waals surface area (Å²) in [6, 6.07) is 16.7. The van der Waals surface area contributed by atoms with Crippen LogP contribution in [0.25, 0.3) is 0 Å². The molecule has 3 heteroatoms. The summed E-state index contributed by atoms with van der Waals surface area (Å²) in [4.78, 5) is 4.62. The number of fused-ring (bicyclic) bond motifs is 1. The number of aliphatic hydroxyl groups excluding tert-OH is 1. The van der Waals surface area contributed by atoms with E-state index in [0.29, 0.717) is 0 Å². The maximum atomic E-state index is 9.60. The smallest absolute Gasteiger partial charge is 0.0761 e. The summed E-state index contributed by atoms with van der Waals surface area (Å²) in [5.74, 6) is 0.